The minimum absolute atomic E-state index is 0. The van der Waals surface area contributed by atoms with Gasteiger partial charge < -0.3 is 22.7 Å². The van der Waals surface area contributed by atoms with Gasteiger partial charge in [0.1, 0.15) is 0 Å². The van der Waals surface area contributed by atoms with Crippen LogP contribution >= 0.6 is 0 Å². The van der Waals surface area contributed by atoms with E-state index in [9.17, 15) is 0 Å². The van der Waals surface area contributed by atoms with Gasteiger partial charge in [0.2, 0.25) is 0 Å². The molecular formula is C10H19BO2Zn. The first-order chi connectivity index (χ1) is 5.39. The maximum atomic E-state index is 5.64. The van der Waals surface area contributed by atoms with Crippen LogP contribution in [0.3, 0.4) is 0 Å². The summed E-state index contributed by atoms with van der Waals surface area (Å²) in [5.74, 6) is 2.99. The van der Waals surface area contributed by atoms with Gasteiger partial charge in [0.05, 0.1) is 11.2 Å². The molecule has 0 aromatic carbocycles. The van der Waals surface area contributed by atoms with Crippen molar-refractivity contribution in [2.24, 2.45) is 0 Å². The van der Waals surface area contributed by atoms with E-state index < -0.39 is 0 Å². The second-order valence-electron chi connectivity index (χ2n) is 4.04. The van der Waals surface area contributed by atoms with Gasteiger partial charge >= 0.3 is 19.5 Å². The standard InChI is InChI=1S/C9H16BO2.CH3.Zn/c1-6-7-10-11-8(2,3)9(4,5)12-10;;/h6H,1-5H3;1H3;/q2*-1;+2. The van der Waals surface area contributed by atoms with Crippen LogP contribution in [0.1, 0.15) is 34.6 Å². The third kappa shape index (κ3) is 3.18. The van der Waals surface area contributed by atoms with Crippen LogP contribution in [-0.2, 0) is 28.8 Å². The Bertz CT molecular complexity index is 186. The summed E-state index contributed by atoms with van der Waals surface area (Å²) in [6, 6.07) is 0. The fourth-order valence-electron chi connectivity index (χ4n) is 1.05. The summed E-state index contributed by atoms with van der Waals surface area (Å²) in [5, 5.41) is 0. The monoisotopic (exact) mass is 246 g/mol. The zero-order chi connectivity index (χ0) is 9.41. The molecule has 76 valence electrons. The molecule has 0 atom stereocenters. The molecule has 1 aliphatic rings. The van der Waals surface area contributed by atoms with Gasteiger partial charge in [-0.05, 0) is 27.7 Å². The summed E-state index contributed by atoms with van der Waals surface area (Å²) in [6.07, 6.45) is 1.82. The topological polar surface area (TPSA) is 18.5 Å². The Labute approximate surface area is 101 Å². The summed E-state index contributed by atoms with van der Waals surface area (Å²) in [4.78, 5) is 0. The van der Waals surface area contributed by atoms with Crippen LogP contribution in [-0.4, -0.2) is 18.3 Å². The fraction of sp³-hybridized carbons (Fsp3) is 0.700. The summed E-state index contributed by atoms with van der Waals surface area (Å²) < 4.78 is 11.3. The average Bonchev–Trinajstić information content (AvgIpc) is 2.02. The number of rotatable bonds is 1. The van der Waals surface area contributed by atoms with Crippen LogP contribution in [0.2, 0.25) is 0 Å². The van der Waals surface area contributed by atoms with Gasteiger partial charge in [-0.15, -0.1) is 0 Å². The number of hydrogen-bond donors (Lipinski definition) is 0. The summed E-state index contributed by atoms with van der Waals surface area (Å²) in [7, 11) is -0.306. The van der Waals surface area contributed by atoms with E-state index in [2.05, 4.69) is 5.98 Å². The van der Waals surface area contributed by atoms with Crippen molar-refractivity contribution in [3.63, 3.8) is 0 Å². The van der Waals surface area contributed by atoms with E-state index in [4.69, 9.17) is 9.31 Å². The van der Waals surface area contributed by atoms with Gasteiger partial charge in [-0.25, -0.2) is 0 Å². The van der Waals surface area contributed by atoms with Crippen LogP contribution in [0.25, 0.3) is 0 Å². The Morgan fingerprint density at radius 2 is 1.43 bits per heavy atom. The average molecular weight is 247 g/mol. The summed E-state index contributed by atoms with van der Waals surface area (Å²) >= 11 is 0. The van der Waals surface area contributed by atoms with Gasteiger partial charge in [-0.3, -0.25) is 6.08 Å². The maximum absolute atomic E-state index is 5.64. The molecule has 0 bridgehead atoms. The molecule has 1 fully saturated rings. The zero-order valence-corrected chi connectivity index (χ0v) is 13.1. The molecule has 0 aromatic rings. The van der Waals surface area contributed by atoms with E-state index in [0.717, 1.165) is 0 Å². The first-order valence-corrected chi connectivity index (χ1v) is 4.28. The molecule has 0 amide bonds. The van der Waals surface area contributed by atoms with Gasteiger partial charge in [0.15, 0.2) is 0 Å². The van der Waals surface area contributed by atoms with Crippen LogP contribution in [0.4, 0.5) is 0 Å². The third-order valence-corrected chi connectivity index (χ3v) is 2.56. The number of hydrogen-bond acceptors (Lipinski definition) is 2. The molecule has 1 saturated heterocycles. The molecular weight excluding hydrogens is 228 g/mol. The van der Waals surface area contributed by atoms with Crippen LogP contribution in [0.15, 0.2) is 6.08 Å². The molecule has 14 heavy (non-hydrogen) atoms. The van der Waals surface area contributed by atoms with Crippen LogP contribution in [0.5, 0.6) is 0 Å². The molecule has 0 spiro atoms. The van der Waals surface area contributed by atoms with Crippen LogP contribution < -0.4 is 0 Å². The molecule has 1 rings (SSSR count). The molecule has 4 heteroatoms. The Hall–Kier alpha value is 0.348. The van der Waals surface area contributed by atoms with E-state index >= 15 is 0 Å². The van der Waals surface area contributed by atoms with E-state index in [-0.39, 0.29) is 45.2 Å². The first-order valence-electron chi connectivity index (χ1n) is 4.28. The van der Waals surface area contributed by atoms with Crippen molar-refractivity contribution in [3.8, 4) is 0 Å². The molecule has 0 aromatic heterocycles. The largest absolute Gasteiger partial charge is 2.00 e. The van der Waals surface area contributed by atoms with Crippen molar-refractivity contribution < 1.29 is 28.8 Å². The quantitative estimate of drug-likeness (QED) is 0.523. The molecule has 0 radical (unpaired) electrons. The molecule has 2 nitrogen and oxygen atoms in total. The van der Waals surface area contributed by atoms with E-state index in [1.165, 1.54) is 0 Å². The van der Waals surface area contributed by atoms with Crippen molar-refractivity contribution in [2.45, 2.75) is 45.8 Å². The Morgan fingerprint density at radius 1 is 1.07 bits per heavy atom. The normalized spacial score (nSPS) is 23.1. The predicted molar refractivity (Wildman–Crippen MR) is 56.0 cm³/mol. The van der Waals surface area contributed by atoms with E-state index in [1.807, 2.05) is 40.7 Å². The first kappa shape index (κ1) is 16.8. The SMILES string of the molecule is CC=[C-]B1OC(C)(C)C(C)(C)O1.[CH3-].[Zn+2]. The predicted octanol–water partition coefficient (Wildman–Crippen LogP) is 2.44. The van der Waals surface area contributed by atoms with Crippen molar-refractivity contribution in [2.75, 3.05) is 0 Å². The Kier molecular flexibility index (Phi) is 6.51. The second-order valence-corrected chi connectivity index (χ2v) is 4.04. The minimum Gasteiger partial charge on any atom is -0.467 e. The number of allylic oxidation sites excluding steroid dienone is 1. The van der Waals surface area contributed by atoms with E-state index in [0.29, 0.717) is 0 Å². The van der Waals surface area contributed by atoms with Crippen molar-refractivity contribution in [1.29, 1.82) is 0 Å². The van der Waals surface area contributed by atoms with Gasteiger partial charge in [0.25, 0.3) is 7.12 Å². The Morgan fingerprint density at radius 3 is 1.71 bits per heavy atom. The van der Waals surface area contributed by atoms with Crippen molar-refractivity contribution in [3.05, 3.63) is 19.5 Å². The molecule has 1 aliphatic heterocycles. The molecule has 0 N–H and O–H groups in total. The Balaban J connectivity index is 0. The summed E-state index contributed by atoms with van der Waals surface area (Å²) in [6.45, 7) is 10.0. The zero-order valence-electron chi connectivity index (χ0n) is 10.2. The third-order valence-electron chi connectivity index (χ3n) is 2.56. The molecule has 0 aliphatic carbocycles. The fourth-order valence-corrected chi connectivity index (χ4v) is 1.05. The molecule has 1 heterocycles. The van der Waals surface area contributed by atoms with Gasteiger partial charge in [-0.2, -0.15) is 0 Å². The van der Waals surface area contributed by atoms with Gasteiger partial charge in [-0.1, -0.05) is 6.92 Å². The minimum atomic E-state index is -0.306. The molecule has 0 saturated carbocycles. The van der Waals surface area contributed by atoms with Crippen LogP contribution in [0, 0.1) is 13.4 Å². The van der Waals surface area contributed by atoms with E-state index in [1.54, 1.807) is 0 Å². The maximum Gasteiger partial charge on any atom is 2.00 e. The summed E-state index contributed by atoms with van der Waals surface area (Å²) in [5.41, 5.74) is -0.485. The smallest absolute Gasteiger partial charge is 0.467 e. The van der Waals surface area contributed by atoms with Crippen molar-refractivity contribution in [1.82, 2.24) is 0 Å². The molecule has 0 unspecified atom stereocenters. The second kappa shape index (κ2) is 5.44. The van der Waals surface area contributed by atoms with Crippen molar-refractivity contribution >= 4 is 7.12 Å². The van der Waals surface area contributed by atoms with Gasteiger partial charge in [0, 0.05) is 0 Å².